The summed E-state index contributed by atoms with van der Waals surface area (Å²) in [7, 11) is 0. The summed E-state index contributed by atoms with van der Waals surface area (Å²) in [6, 6.07) is 10.2. The second-order valence-corrected chi connectivity index (χ2v) is 7.73. The van der Waals surface area contributed by atoms with Crippen molar-refractivity contribution in [1.29, 1.82) is 0 Å². The van der Waals surface area contributed by atoms with Crippen molar-refractivity contribution in [2.45, 2.75) is 38.6 Å². The first-order valence-corrected chi connectivity index (χ1v) is 9.64. The van der Waals surface area contributed by atoms with E-state index in [9.17, 15) is 4.79 Å². The van der Waals surface area contributed by atoms with Crippen LogP contribution in [0.3, 0.4) is 0 Å². The Morgan fingerprint density at radius 1 is 1.32 bits per heavy atom. The van der Waals surface area contributed by atoms with E-state index in [0.717, 1.165) is 37.1 Å². The molecule has 0 bridgehead atoms. The summed E-state index contributed by atoms with van der Waals surface area (Å²) in [5, 5.41) is 5.52. The first-order valence-electron chi connectivity index (χ1n) is 8.82. The predicted octanol–water partition coefficient (Wildman–Crippen LogP) is 3.60. The van der Waals surface area contributed by atoms with Gasteiger partial charge in [0.1, 0.15) is 0 Å². The Kier molecular flexibility index (Phi) is 4.53. The molecular weight excluding hydrogens is 332 g/mol. The molecule has 0 N–H and O–H groups in total. The minimum absolute atomic E-state index is 0.221. The van der Waals surface area contributed by atoms with Gasteiger partial charge in [-0.3, -0.25) is 9.48 Å². The van der Waals surface area contributed by atoms with E-state index < -0.39 is 0 Å². The lowest BCUT2D eigenvalue weighted by atomic mass is 9.98. The molecule has 5 nitrogen and oxygen atoms in total. The predicted molar refractivity (Wildman–Crippen MR) is 99.8 cm³/mol. The van der Waals surface area contributed by atoms with Crippen molar-refractivity contribution in [3.8, 4) is 0 Å². The number of aromatic nitrogens is 3. The molecule has 2 aromatic heterocycles. The van der Waals surface area contributed by atoms with Crippen molar-refractivity contribution in [3.05, 3.63) is 47.2 Å². The third kappa shape index (κ3) is 3.58. The molecule has 4 rings (SSSR count). The number of nitrogens with zero attached hydrogens (tertiary/aromatic N) is 4. The van der Waals surface area contributed by atoms with Gasteiger partial charge in [-0.2, -0.15) is 5.10 Å². The molecule has 0 spiro atoms. The molecule has 1 amide bonds. The van der Waals surface area contributed by atoms with Crippen molar-refractivity contribution in [1.82, 2.24) is 19.7 Å². The molecule has 3 aromatic rings. The van der Waals surface area contributed by atoms with Crippen LogP contribution in [0, 0.1) is 6.92 Å². The highest BCUT2D eigenvalue weighted by molar-refractivity contribution is 7.18. The van der Waals surface area contributed by atoms with Gasteiger partial charge in [-0.1, -0.05) is 12.1 Å². The summed E-state index contributed by atoms with van der Waals surface area (Å²) in [6.07, 6.45) is 4.60. The lowest BCUT2D eigenvalue weighted by Crippen LogP contribution is -2.39. The number of likely N-dealkylation sites (tertiary alicyclic amines) is 1. The minimum Gasteiger partial charge on any atom is -0.342 e. The van der Waals surface area contributed by atoms with Crippen molar-refractivity contribution in [2.75, 3.05) is 13.1 Å². The monoisotopic (exact) mass is 354 g/mol. The van der Waals surface area contributed by atoms with Gasteiger partial charge < -0.3 is 4.90 Å². The summed E-state index contributed by atoms with van der Waals surface area (Å²) in [6.45, 7) is 4.26. The normalized spacial score (nSPS) is 18.0. The Morgan fingerprint density at radius 2 is 2.20 bits per heavy atom. The number of carbonyl (C=O) groups is 1. The second-order valence-electron chi connectivity index (χ2n) is 6.67. The second kappa shape index (κ2) is 6.96. The summed E-state index contributed by atoms with van der Waals surface area (Å²) < 4.78 is 3.08. The van der Waals surface area contributed by atoms with Crippen LogP contribution >= 0.6 is 11.3 Å². The fraction of sp³-hybridized carbons (Fsp3) is 0.421. The van der Waals surface area contributed by atoms with Gasteiger partial charge in [0.2, 0.25) is 5.91 Å². The van der Waals surface area contributed by atoms with Crippen molar-refractivity contribution >= 4 is 27.5 Å². The highest BCUT2D eigenvalue weighted by atomic mass is 32.1. The number of hydrogen-bond acceptors (Lipinski definition) is 4. The number of thiazole rings is 1. The van der Waals surface area contributed by atoms with Crippen LogP contribution in [0.15, 0.2) is 36.5 Å². The van der Waals surface area contributed by atoms with E-state index in [1.165, 1.54) is 9.71 Å². The van der Waals surface area contributed by atoms with Gasteiger partial charge in [0, 0.05) is 38.2 Å². The van der Waals surface area contributed by atoms with Crippen LogP contribution in [0.2, 0.25) is 0 Å². The summed E-state index contributed by atoms with van der Waals surface area (Å²) in [5.41, 5.74) is 2.06. The maximum absolute atomic E-state index is 12.6. The molecule has 6 heteroatoms. The Bertz CT molecular complexity index is 851. The largest absolute Gasteiger partial charge is 0.342 e. The molecule has 25 heavy (non-hydrogen) atoms. The standard InChI is InChI=1S/C19H22N4OS/c1-14-8-11-23(21-14)12-9-18(24)22-10-4-5-15(13-22)19-20-16-6-2-3-7-17(16)25-19/h2-3,6-8,11,15H,4-5,9-10,12-13H2,1H3/t15-/m0/s1. The van der Waals surface area contributed by atoms with E-state index >= 15 is 0 Å². The number of hydrogen-bond donors (Lipinski definition) is 0. The number of amides is 1. The molecule has 0 unspecified atom stereocenters. The molecule has 3 heterocycles. The number of piperidine rings is 1. The van der Waals surface area contributed by atoms with E-state index in [2.05, 4.69) is 23.3 Å². The highest BCUT2D eigenvalue weighted by Gasteiger charge is 2.26. The van der Waals surface area contributed by atoms with Crippen molar-refractivity contribution in [2.24, 2.45) is 0 Å². The van der Waals surface area contributed by atoms with Crippen molar-refractivity contribution < 1.29 is 4.79 Å². The number of rotatable bonds is 4. The quantitative estimate of drug-likeness (QED) is 0.719. The average Bonchev–Trinajstić information content (AvgIpc) is 3.25. The number of para-hydroxylation sites is 1. The molecule has 1 aliphatic heterocycles. The maximum Gasteiger partial charge on any atom is 0.224 e. The highest BCUT2D eigenvalue weighted by Crippen LogP contribution is 2.33. The fourth-order valence-corrected chi connectivity index (χ4v) is 4.52. The first kappa shape index (κ1) is 16.3. The number of carbonyl (C=O) groups excluding carboxylic acids is 1. The van der Waals surface area contributed by atoms with E-state index in [4.69, 9.17) is 4.98 Å². The van der Waals surface area contributed by atoms with Crippen molar-refractivity contribution in [3.63, 3.8) is 0 Å². The van der Waals surface area contributed by atoms with Gasteiger partial charge in [-0.05, 0) is 38.0 Å². The summed E-state index contributed by atoms with van der Waals surface area (Å²) in [4.78, 5) is 19.4. The minimum atomic E-state index is 0.221. The molecule has 0 radical (unpaired) electrons. The summed E-state index contributed by atoms with van der Waals surface area (Å²) >= 11 is 1.77. The molecule has 1 aromatic carbocycles. The van der Waals surface area contributed by atoms with Crippen LogP contribution in [-0.4, -0.2) is 38.7 Å². The van der Waals surface area contributed by atoms with E-state index in [1.807, 2.05) is 34.8 Å². The van der Waals surface area contributed by atoms with Crippen LogP contribution < -0.4 is 0 Å². The van der Waals surface area contributed by atoms with Crippen LogP contribution in [0.5, 0.6) is 0 Å². The Hall–Kier alpha value is -2.21. The van der Waals surface area contributed by atoms with Gasteiger partial charge in [0.15, 0.2) is 0 Å². The van der Waals surface area contributed by atoms with E-state index in [0.29, 0.717) is 18.9 Å². The zero-order valence-corrected chi connectivity index (χ0v) is 15.2. The Balaban J connectivity index is 1.40. The fourth-order valence-electron chi connectivity index (χ4n) is 3.43. The zero-order chi connectivity index (χ0) is 17.2. The van der Waals surface area contributed by atoms with E-state index in [-0.39, 0.29) is 5.91 Å². The van der Waals surface area contributed by atoms with E-state index in [1.54, 1.807) is 11.3 Å². The lowest BCUT2D eigenvalue weighted by molar-refractivity contribution is -0.132. The molecule has 1 aliphatic rings. The Labute approximate surface area is 151 Å². The Morgan fingerprint density at radius 3 is 3.00 bits per heavy atom. The number of benzene rings is 1. The third-order valence-electron chi connectivity index (χ3n) is 4.76. The van der Waals surface area contributed by atoms with Gasteiger partial charge >= 0.3 is 0 Å². The molecule has 0 saturated carbocycles. The topological polar surface area (TPSA) is 51.0 Å². The average molecular weight is 354 g/mol. The SMILES string of the molecule is Cc1ccn(CCC(=O)N2CCC[C@H](c3nc4ccccc4s3)C2)n1. The van der Waals surface area contributed by atoms with Gasteiger partial charge in [0.05, 0.1) is 20.9 Å². The molecule has 1 saturated heterocycles. The summed E-state index contributed by atoms with van der Waals surface area (Å²) in [5.74, 6) is 0.584. The van der Waals surface area contributed by atoms with Gasteiger partial charge in [-0.15, -0.1) is 11.3 Å². The van der Waals surface area contributed by atoms with Crippen LogP contribution in [0.1, 0.15) is 35.9 Å². The van der Waals surface area contributed by atoms with Crippen LogP contribution in [-0.2, 0) is 11.3 Å². The number of fused-ring (bicyclic) bond motifs is 1. The molecule has 0 aliphatic carbocycles. The molecular formula is C19H22N4OS. The molecule has 130 valence electrons. The third-order valence-corrected chi connectivity index (χ3v) is 5.96. The molecule has 1 atom stereocenters. The zero-order valence-electron chi connectivity index (χ0n) is 14.4. The van der Waals surface area contributed by atoms with Gasteiger partial charge in [-0.25, -0.2) is 4.98 Å². The lowest BCUT2D eigenvalue weighted by Gasteiger charge is -2.32. The smallest absolute Gasteiger partial charge is 0.224 e. The molecule has 1 fully saturated rings. The van der Waals surface area contributed by atoms with Gasteiger partial charge in [0.25, 0.3) is 0 Å². The maximum atomic E-state index is 12.6. The number of aryl methyl sites for hydroxylation is 2. The first-order chi connectivity index (χ1) is 12.2. The van der Waals surface area contributed by atoms with Crippen LogP contribution in [0.25, 0.3) is 10.2 Å². The van der Waals surface area contributed by atoms with Crippen LogP contribution in [0.4, 0.5) is 0 Å².